The summed E-state index contributed by atoms with van der Waals surface area (Å²) in [6.07, 6.45) is 11.3. The summed E-state index contributed by atoms with van der Waals surface area (Å²) in [6, 6.07) is 3.33. The fraction of sp³-hybridized carbons (Fsp3) is 0.722. The van der Waals surface area contributed by atoms with Crippen molar-refractivity contribution < 1.29 is 14.6 Å². The SMILES string of the molecule is Cc1cc2c(nnn2COCC[Si](C)(C)C)c(N2C=C3NC(OCC45CCCN4CCC5)NC(N4C[C@@H]5C[C@H](C4)[C@H](O)C5)C3=CC2)c1C. The molecule has 12 heteroatoms. The highest BCUT2D eigenvalue weighted by molar-refractivity contribution is 6.76. The summed E-state index contributed by atoms with van der Waals surface area (Å²) in [4.78, 5) is 7.57. The zero-order valence-corrected chi connectivity index (χ0v) is 30.7. The van der Waals surface area contributed by atoms with Crippen LogP contribution in [-0.4, -0.2) is 108 Å². The van der Waals surface area contributed by atoms with Crippen LogP contribution in [0.4, 0.5) is 5.69 Å². The number of anilines is 1. The minimum Gasteiger partial charge on any atom is -0.393 e. The van der Waals surface area contributed by atoms with E-state index >= 15 is 0 Å². The van der Waals surface area contributed by atoms with E-state index in [9.17, 15) is 5.11 Å². The lowest BCUT2D eigenvalue weighted by molar-refractivity contribution is -0.0621. The van der Waals surface area contributed by atoms with Crippen LogP contribution in [0.25, 0.3) is 11.0 Å². The van der Waals surface area contributed by atoms with E-state index in [0.29, 0.717) is 18.6 Å². The van der Waals surface area contributed by atoms with E-state index in [1.165, 1.54) is 55.5 Å². The first-order valence-electron chi connectivity index (χ1n) is 18.5. The molecule has 5 fully saturated rings. The van der Waals surface area contributed by atoms with Gasteiger partial charge in [0.2, 0.25) is 0 Å². The molecule has 8 rings (SSSR count). The van der Waals surface area contributed by atoms with Crippen molar-refractivity contribution in [3.8, 4) is 0 Å². The van der Waals surface area contributed by atoms with E-state index in [1.807, 2.05) is 4.68 Å². The topological polar surface area (TPSA) is 103 Å². The van der Waals surface area contributed by atoms with Crippen molar-refractivity contribution in [2.24, 2.45) is 11.8 Å². The number of rotatable bonds is 10. The van der Waals surface area contributed by atoms with Crippen molar-refractivity contribution >= 4 is 24.8 Å². The van der Waals surface area contributed by atoms with Gasteiger partial charge in [-0.2, -0.15) is 0 Å². The lowest BCUT2D eigenvalue weighted by atomic mass is 9.94. The van der Waals surface area contributed by atoms with Gasteiger partial charge in [0.25, 0.3) is 0 Å². The number of nitrogens with zero attached hydrogens (tertiary/aromatic N) is 6. The first kappa shape index (κ1) is 32.9. The molecular formula is C36H56N8O3Si. The molecule has 6 aliphatic rings. The molecule has 3 N–H and O–H groups in total. The Morgan fingerprint density at radius 3 is 2.69 bits per heavy atom. The van der Waals surface area contributed by atoms with Gasteiger partial charge < -0.3 is 24.8 Å². The molecule has 1 aliphatic carbocycles. The van der Waals surface area contributed by atoms with Gasteiger partial charge in [0, 0.05) is 51.6 Å². The molecule has 2 unspecified atom stereocenters. The first-order chi connectivity index (χ1) is 23.1. The molecule has 2 bridgehead atoms. The molecule has 0 amide bonds. The number of hydrogen-bond donors (Lipinski definition) is 3. The second-order valence-corrected chi connectivity index (χ2v) is 22.4. The predicted molar refractivity (Wildman–Crippen MR) is 191 cm³/mol. The molecule has 0 radical (unpaired) electrons. The fourth-order valence-corrected chi connectivity index (χ4v) is 10.2. The summed E-state index contributed by atoms with van der Waals surface area (Å²) in [6.45, 7) is 18.4. The Morgan fingerprint density at radius 2 is 1.92 bits per heavy atom. The van der Waals surface area contributed by atoms with Crippen molar-refractivity contribution in [3.05, 3.63) is 40.7 Å². The maximum absolute atomic E-state index is 10.7. The maximum Gasteiger partial charge on any atom is 0.185 e. The van der Waals surface area contributed by atoms with Crippen LogP contribution in [0.5, 0.6) is 0 Å². The molecule has 1 saturated carbocycles. The number of benzene rings is 1. The minimum absolute atomic E-state index is 0.0359. The summed E-state index contributed by atoms with van der Waals surface area (Å²) in [5.74, 6) is 0.903. The normalized spacial score (nSPS) is 30.4. The van der Waals surface area contributed by atoms with E-state index in [0.717, 1.165) is 74.2 Å². The predicted octanol–water partition coefficient (Wildman–Crippen LogP) is 4.10. The highest BCUT2D eigenvalue weighted by Gasteiger charge is 2.47. The van der Waals surface area contributed by atoms with Gasteiger partial charge in [-0.3, -0.25) is 15.1 Å². The van der Waals surface area contributed by atoms with Crippen molar-refractivity contribution in [1.82, 2.24) is 35.4 Å². The van der Waals surface area contributed by atoms with Crippen LogP contribution < -0.4 is 15.5 Å². The number of aliphatic hydroxyl groups excluding tert-OH is 1. The molecule has 6 heterocycles. The van der Waals surface area contributed by atoms with Gasteiger partial charge in [0.1, 0.15) is 12.2 Å². The van der Waals surface area contributed by atoms with E-state index in [1.54, 1.807) is 0 Å². The van der Waals surface area contributed by atoms with Crippen LogP contribution in [0, 0.1) is 25.7 Å². The molecule has 5 aliphatic heterocycles. The Balaban J connectivity index is 1.07. The third kappa shape index (κ3) is 6.16. The van der Waals surface area contributed by atoms with Crippen molar-refractivity contribution in [2.45, 2.75) is 109 Å². The lowest BCUT2D eigenvalue weighted by Gasteiger charge is -2.47. The van der Waals surface area contributed by atoms with Gasteiger partial charge in [-0.1, -0.05) is 30.9 Å². The number of aromatic nitrogens is 3. The Hall–Kier alpha value is -2.32. The molecule has 48 heavy (non-hydrogen) atoms. The highest BCUT2D eigenvalue weighted by Crippen LogP contribution is 2.42. The van der Waals surface area contributed by atoms with Gasteiger partial charge in [0.05, 0.1) is 35.8 Å². The molecular weight excluding hydrogens is 621 g/mol. The number of piperidine rings is 1. The zero-order chi connectivity index (χ0) is 33.2. The largest absolute Gasteiger partial charge is 0.393 e. The summed E-state index contributed by atoms with van der Waals surface area (Å²) in [7, 11) is -1.17. The average Bonchev–Trinajstić information content (AvgIpc) is 3.80. The Bertz CT molecular complexity index is 1570. The maximum atomic E-state index is 10.7. The van der Waals surface area contributed by atoms with Crippen LogP contribution in [0.2, 0.25) is 25.7 Å². The quantitative estimate of drug-likeness (QED) is 0.252. The number of aliphatic hydroxyl groups is 1. The number of fused-ring (bicyclic) bond motifs is 5. The van der Waals surface area contributed by atoms with Crippen LogP contribution in [0.15, 0.2) is 29.6 Å². The standard InChI is InChI=1S/C36H56N8O3Si/c1-24-16-30-32(39-40-44(30)23-46-14-15-48(3,4)5)33(25(24)2)41-13-8-28-29(21-41)37-35(47-22-36-9-6-11-43(36)12-7-10-36)38-34(28)42-19-26-17-27(20-42)31(45)18-26/h8,16,21,26-27,31,34-35,37-38,45H,6-7,9-15,17-20,22-23H2,1-5H3/t26-,27-,31-,34?,35?/m1/s1. The van der Waals surface area contributed by atoms with Gasteiger partial charge in [-0.05, 0) is 101 Å². The summed E-state index contributed by atoms with van der Waals surface area (Å²) in [5, 5.41) is 27.7. The van der Waals surface area contributed by atoms with Gasteiger partial charge in [-0.25, -0.2) is 4.68 Å². The fourth-order valence-electron chi connectivity index (χ4n) is 9.40. The number of hydrogen-bond acceptors (Lipinski definition) is 10. The Labute approximate surface area is 286 Å². The van der Waals surface area contributed by atoms with Crippen LogP contribution in [0.1, 0.15) is 49.7 Å². The number of ether oxygens (including phenoxy) is 2. The Morgan fingerprint density at radius 1 is 1.10 bits per heavy atom. The molecule has 1 aromatic carbocycles. The molecule has 5 atom stereocenters. The lowest BCUT2D eigenvalue weighted by Crippen LogP contribution is -2.64. The zero-order valence-electron chi connectivity index (χ0n) is 29.7. The monoisotopic (exact) mass is 676 g/mol. The summed E-state index contributed by atoms with van der Waals surface area (Å²) < 4.78 is 14.8. The van der Waals surface area contributed by atoms with Crippen molar-refractivity contribution in [1.29, 1.82) is 0 Å². The smallest absolute Gasteiger partial charge is 0.185 e. The highest BCUT2D eigenvalue weighted by atomic mass is 28.3. The third-order valence-electron chi connectivity index (χ3n) is 12.2. The molecule has 0 spiro atoms. The van der Waals surface area contributed by atoms with Crippen LogP contribution in [-0.2, 0) is 16.2 Å². The summed E-state index contributed by atoms with van der Waals surface area (Å²) >= 11 is 0. The second kappa shape index (κ2) is 12.8. The van der Waals surface area contributed by atoms with Crippen molar-refractivity contribution in [2.75, 3.05) is 50.8 Å². The van der Waals surface area contributed by atoms with Crippen molar-refractivity contribution in [3.63, 3.8) is 0 Å². The molecule has 11 nitrogen and oxygen atoms in total. The molecule has 2 aromatic rings. The third-order valence-corrected chi connectivity index (χ3v) is 13.9. The van der Waals surface area contributed by atoms with E-state index in [2.05, 4.69) is 82.4 Å². The van der Waals surface area contributed by atoms with E-state index < -0.39 is 8.07 Å². The molecule has 4 saturated heterocycles. The second-order valence-electron chi connectivity index (χ2n) is 16.8. The van der Waals surface area contributed by atoms with Gasteiger partial charge in [0.15, 0.2) is 6.35 Å². The average molecular weight is 677 g/mol. The minimum atomic E-state index is -1.17. The number of likely N-dealkylation sites (tertiary alicyclic amines) is 1. The van der Waals surface area contributed by atoms with E-state index in [4.69, 9.17) is 14.6 Å². The van der Waals surface area contributed by atoms with Gasteiger partial charge in [-0.15, -0.1) is 5.10 Å². The number of aryl methyl sites for hydroxylation is 1. The van der Waals surface area contributed by atoms with Crippen LogP contribution in [0.3, 0.4) is 0 Å². The van der Waals surface area contributed by atoms with Crippen LogP contribution >= 0.6 is 0 Å². The molecule has 1 aromatic heterocycles. The summed E-state index contributed by atoms with van der Waals surface area (Å²) in [5.41, 5.74) is 7.98. The number of nitrogens with one attached hydrogen (secondary N) is 2. The molecule has 262 valence electrons. The van der Waals surface area contributed by atoms with Gasteiger partial charge >= 0.3 is 0 Å². The Kier molecular flexibility index (Phi) is 8.75. The van der Waals surface area contributed by atoms with E-state index in [-0.39, 0.29) is 24.2 Å². The first-order valence-corrected chi connectivity index (χ1v) is 22.2.